The number of amides is 1. The first-order valence-corrected chi connectivity index (χ1v) is 23.8. The minimum atomic E-state index is -0.871. The predicted molar refractivity (Wildman–Crippen MR) is 248 cm³/mol. The van der Waals surface area contributed by atoms with Crippen molar-refractivity contribution < 1.29 is 15.0 Å². The van der Waals surface area contributed by atoms with Gasteiger partial charge in [-0.2, -0.15) is 0 Å². The third-order valence-corrected chi connectivity index (χ3v) is 10.3. The van der Waals surface area contributed by atoms with Crippen LogP contribution in [-0.2, 0) is 4.79 Å². The molecule has 322 valence electrons. The van der Waals surface area contributed by atoms with E-state index in [-0.39, 0.29) is 12.5 Å². The highest BCUT2D eigenvalue weighted by Gasteiger charge is 2.17. The van der Waals surface area contributed by atoms with Crippen LogP contribution in [-0.4, -0.2) is 34.9 Å². The lowest BCUT2D eigenvalue weighted by molar-refractivity contribution is -0.123. The Balaban J connectivity index is 3.52. The van der Waals surface area contributed by atoms with E-state index in [1.165, 1.54) is 135 Å². The van der Waals surface area contributed by atoms with Crippen LogP contribution in [0.3, 0.4) is 0 Å². The maximum atomic E-state index is 12.4. The molecule has 2 unspecified atom stereocenters. The Labute approximate surface area is 348 Å². The molecular weight excluding hydrogens is 687 g/mol. The Morgan fingerprint density at radius 3 is 1.25 bits per heavy atom. The van der Waals surface area contributed by atoms with E-state index in [1.54, 1.807) is 6.08 Å². The molecule has 3 N–H and O–H groups in total. The Morgan fingerprint density at radius 1 is 0.446 bits per heavy atom. The van der Waals surface area contributed by atoms with Gasteiger partial charge in [0.2, 0.25) is 5.91 Å². The highest BCUT2D eigenvalue weighted by Crippen LogP contribution is 2.15. The third kappa shape index (κ3) is 42.7. The molecule has 2 atom stereocenters. The number of allylic oxidation sites excluding steroid dienone is 13. The van der Waals surface area contributed by atoms with Crippen LogP contribution >= 0.6 is 0 Å². The van der Waals surface area contributed by atoms with Crippen LogP contribution in [0, 0.1) is 0 Å². The zero-order chi connectivity index (χ0) is 40.7. The van der Waals surface area contributed by atoms with Crippen molar-refractivity contribution in [2.45, 2.75) is 231 Å². The first-order valence-electron chi connectivity index (χ1n) is 23.8. The normalized spacial score (nSPS) is 13.7. The van der Waals surface area contributed by atoms with E-state index < -0.39 is 12.1 Å². The number of carbonyl (C=O) groups excluding carboxylic acids is 1. The summed E-state index contributed by atoms with van der Waals surface area (Å²) >= 11 is 0. The summed E-state index contributed by atoms with van der Waals surface area (Å²) in [4.78, 5) is 12.4. The summed E-state index contributed by atoms with van der Waals surface area (Å²) in [7, 11) is 0. The second kappa shape index (κ2) is 46.9. The lowest BCUT2D eigenvalue weighted by Gasteiger charge is -2.19. The zero-order valence-corrected chi connectivity index (χ0v) is 36.9. The fourth-order valence-corrected chi connectivity index (χ4v) is 6.73. The van der Waals surface area contributed by atoms with Crippen molar-refractivity contribution in [3.63, 3.8) is 0 Å². The van der Waals surface area contributed by atoms with Gasteiger partial charge in [0, 0.05) is 6.42 Å². The van der Waals surface area contributed by atoms with Gasteiger partial charge < -0.3 is 15.5 Å². The van der Waals surface area contributed by atoms with Crippen LogP contribution in [0.4, 0.5) is 0 Å². The van der Waals surface area contributed by atoms with Crippen LogP contribution in [0.15, 0.2) is 85.1 Å². The van der Waals surface area contributed by atoms with E-state index in [4.69, 9.17) is 0 Å². The molecule has 0 aromatic heterocycles. The van der Waals surface area contributed by atoms with E-state index in [9.17, 15) is 15.0 Å². The third-order valence-electron chi connectivity index (χ3n) is 10.3. The van der Waals surface area contributed by atoms with Gasteiger partial charge in [0.05, 0.1) is 18.8 Å². The molecule has 1 amide bonds. The molecule has 0 aromatic rings. The molecule has 4 nitrogen and oxygen atoms in total. The molecule has 0 aromatic carbocycles. The molecule has 56 heavy (non-hydrogen) atoms. The van der Waals surface area contributed by atoms with Gasteiger partial charge in [0.25, 0.3) is 0 Å². The van der Waals surface area contributed by atoms with E-state index >= 15 is 0 Å². The molecular formula is C52H91NO3. The molecule has 0 radical (unpaired) electrons. The maximum Gasteiger partial charge on any atom is 0.220 e. The number of nitrogens with one attached hydrogen (secondary N) is 1. The molecule has 0 saturated heterocycles. The number of carbonyl (C=O) groups is 1. The highest BCUT2D eigenvalue weighted by molar-refractivity contribution is 5.76. The predicted octanol–water partition coefficient (Wildman–Crippen LogP) is 15.2. The molecule has 4 heteroatoms. The Hall–Kier alpha value is -2.43. The SMILES string of the molecule is CC/C=C\C/C=C\C/C=C\C/C=C\CCCCCCCCCCCCCCCCCCCCC(=O)NC(CO)C(O)/C=C/CC/C=C/CC/C=C/CCCCC. The molecule has 0 aliphatic carbocycles. The summed E-state index contributed by atoms with van der Waals surface area (Å²) in [6.45, 7) is 4.14. The van der Waals surface area contributed by atoms with E-state index in [0.29, 0.717) is 6.42 Å². The van der Waals surface area contributed by atoms with Crippen LogP contribution in [0.25, 0.3) is 0 Å². The van der Waals surface area contributed by atoms with Crippen molar-refractivity contribution in [3.05, 3.63) is 85.1 Å². The molecule has 0 rings (SSSR count). The van der Waals surface area contributed by atoms with E-state index in [1.807, 2.05) is 6.08 Å². The Kier molecular flexibility index (Phi) is 44.9. The van der Waals surface area contributed by atoms with E-state index in [0.717, 1.165) is 64.2 Å². The average Bonchev–Trinajstić information content (AvgIpc) is 3.20. The van der Waals surface area contributed by atoms with Crippen molar-refractivity contribution in [2.75, 3.05) is 6.61 Å². The molecule has 0 spiro atoms. The number of hydrogen-bond donors (Lipinski definition) is 3. The maximum absolute atomic E-state index is 12.4. The summed E-state index contributed by atoms with van der Waals surface area (Å²) in [5.74, 6) is -0.0805. The molecule has 0 heterocycles. The second-order valence-electron chi connectivity index (χ2n) is 15.8. The number of rotatable bonds is 42. The van der Waals surface area contributed by atoms with Crippen molar-refractivity contribution >= 4 is 5.91 Å². The summed E-state index contributed by atoms with van der Waals surface area (Å²) < 4.78 is 0. The standard InChI is InChI=1S/C52H91NO3/c1-3-5-7-9-11-13-15-17-18-19-20-21-22-23-24-25-26-27-28-29-30-31-32-33-34-36-38-40-42-44-46-48-52(56)53-50(49-54)51(55)47-45-43-41-39-37-35-16-14-12-10-8-6-4-2/h5,7,11-14,17-18,20-21,37,39,45,47,50-51,54-55H,3-4,6,8-10,15-16,19,22-36,38,40-44,46,48-49H2,1-2H3,(H,53,56)/b7-5-,13-11-,14-12+,18-17-,21-20-,39-37+,47-45+. The molecule has 0 saturated carbocycles. The summed E-state index contributed by atoms with van der Waals surface area (Å²) in [5.41, 5.74) is 0. The van der Waals surface area contributed by atoms with Gasteiger partial charge in [-0.05, 0) is 83.5 Å². The van der Waals surface area contributed by atoms with Crippen molar-refractivity contribution in [3.8, 4) is 0 Å². The van der Waals surface area contributed by atoms with E-state index in [2.05, 4.69) is 92.1 Å². The van der Waals surface area contributed by atoms with Gasteiger partial charge in [0.15, 0.2) is 0 Å². The second-order valence-corrected chi connectivity index (χ2v) is 15.8. The van der Waals surface area contributed by atoms with Gasteiger partial charge in [-0.15, -0.1) is 0 Å². The molecule has 0 aliphatic rings. The Morgan fingerprint density at radius 2 is 0.804 bits per heavy atom. The van der Waals surface area contributed by atoms with Gasteiger partial charge in [-0.3, -0.25) is 4.79 Å². The number of aliphatic hydroxyl groups excluding tert-OH is 2. The average molecular weight is 778 g/mol. The Bertz CT molecular complexity index is 1020. The van der Waals surface area contributed by atoms with Gasteiger partial charge in [0.1, 0.15) is 0 Å². The minimum absolute atomic E-state index is 0.0805. The summed E-state index contributed by atoms with van der Waals surface area (Å²) in [5, 5.41) is 23.0. The monoisotopic (exact) mass is 778 g/mol. The fraction of sp³-hybridized carbons (Fsp3) is 0.712. The number of aliphatic hydroxyl groups is 2. The van der Waals surface area contributed by atoms with Crippen molar-refractivity contribution in [1.29, 1.82) is 0 Å². The lowest BCUT2D eigenvalue weighted by Crippen LogP contribution is -2.45. The quantitative estimate of drug-likeness (QED) is 0.0427. The smallest absolute Gasteiger partial charge is 0.220 e. The van der Waals surface area contributed by atoms with Crippen molar-refractivity contribution in [2.24, 2.45) is 0 Å². The lowest BCUT2D eigenvalue weighted by atomic mass is 10.0. The van der Waals surface area contributed by atoms with Crippen LogP contribution < -0.4 is 5.32 Å². The zero-order valence-electron chi connectivity index (χ0n) is 36.9. The van der Waals surface area contributed by atoms with Gasteiger partial charge in [-0.1, -0.05) is 214 Å². The van der Waals surface area contributed by atoms with Crippen LogP contribution in [0.5, 0.6) is 0 Å². The van der Waals surface area contributed by atoms with Gasteiger partial charge in [-0.25, -0.2) is 0 Å². The first-order chi connectivity index (χ1) is 27.7. The highest BCUT2D eigenvalue weighted by atomic mass is 16.3. The molecule has 0 bridgehead atoms. The fourth-order valence-electron chi connectivity index (χ4n) is 6.73. The first kappa shape index (κ1) is 53.6. The van der Waals surface area contributed by atoms with Crippen LogP contribution in [0.1, 0.15) is 219 Å². The molecule has 0 aliphatic heterocycles. The summed E-state index contributed by atoms with van der Waals surface area (Å²) in [6, 6.07) is -0.647. The number of unbranched alkanes of at least 4 members (excludes halogenated alkanes) is 23. The number of hydrogen-bond acceptors (Lipinski definition) is 3. The summed E-state index contributed by atoms with van der Waals surface area (Å²) in [6.07, 6.45) is 68.6. The van der Waals surface area contributed by atoms with Crippen LogP contribution in [0.2, 0.25) is 0 Å². The van der Waals surface area contributed by atoms with Gasteiger partial charge >= 0.3 is 0 Å². The largest absolute Gasteiger partial charge is 0.394 e. The minimum Gasteiger partial charge on any atom is -0.394 e. The molecule has 0 fully saturated rings. The topological polar surface area (TPSA) is 69.6 Å². The van der Waals surface area contributed by atoms with Crippen molar-refractivity contribution in [1.82, 2.24) is 5.32 Å².